The summed E-state index contributed by atoms with van der Waals surface area (Å²) < 4.78 is 22.6. The molecule has 1 amide bonds. The Kier molecular flexibility index (Phi) is 4.69. The molecule has 0 aliphatic carbocycles. The predicted octanol–water partition coefficient (Wildman–Crippen LogP) is -1.35. The van der Waals surface area contributed by atoms with E-state index in [-0.39, 0.29) is 36.5 Å². The second kappa shape index (κ2) is 5.66. The molecule has 1 aliphatic rings. The SMILES string of the molecule is CN(CC(=O)O)CC(=O)N(C)C1CCS(=O)(=O)C1. The molecule has 1 saturated heterocycles. The summed E-state index contributed by atoms with van der Waals surface area (Å²) in [5.74, 6) is -1.16. The Balaban J connectivity index is 2.49. The molecule has 0 spiro atoms. The molecule has 1 N–H and O–H groups in total. The molecule has 0 saturated carbocycles. The molecule has 0 radical (unpaired) electrons. The van der Waals surface area contributed by atoms with Crippen LogP contribution < -0.4 is 0 Å². The highest BCUT2D eigenvalue weighted by Gasteiger charge is 2.32. The lowest BCUT2D eigenvalue weighted by molar-refractivity contribution is -0.139. The molecule has 1 heterocycles. The molecule has 1 atom stereocenters. The fraction of sp³-hybridized carbons (Fsp3) is 0.800. The van der Waals surface area contributed by atoms with Crippen molar-refractivity contribution in [2.24, 2.45) is 0 Å². The summed E-state index contributed by atoms with van der Waals surface area (Å²) in [6.45, 7) is -0.248. The summed E-state index contributed by atoms with van der Waals surface area (Å²) in [6, 6.07) is -0.291. The van der Waals surface area contributed by atoms with Crippen molar-refractivity contribution in [2.45, 2.75) is 12.5 Å². The van der Waals surface area contributed by atoms with E-state index in [0.29, 0.717) is 6.42 Å². The summed E-state index contributed by atoms with van der Waals surface area (Å²) in [6.07, 6.45) is 0.452. The maximum Gasteiger partial charge on any atom is 0.317 e. The first-order valence-electron chi connectivity index (χ1n) is 5.57. The number of rotatable bonds is 5. The van der Waals surface area contributed by atoms with Gasteiger partial charge in [0.2, 0.25) is 5.91 Å². The van der Waals surface area contributed by atoms with E-state index in [1.165, 1.54) is 16.8 Å². The van der Waals surface area contributed by atoms with E-state index in [2.05, 4.69) is 0 Å². The first-order chi connectivity index (χ1) is 8.21. The number of carboxylic acid groups (broad SMARTS) is 1. The van der Waals surface area contributed by atoms with Crippen LogP contribution in [0.4, 0.5) is 0 Å². The molecule has 1 fully saturated rings. The van der Waals surface area contributed by atoms with Crippen LogP contribution in [0.1, 0.15) is 6.42 Å². The normalized spacial score (nSPS) is 22.1. The van der Waals surface area contributed by atoms with E-state index < -0.39 is 15.8 Å². The van der Waals surface area contributed by atoms with Gasteiger partial charge in [-0.1, -0.05) is 0 Å². The van der Waals surface area contributed by atoms with E-state index in [4.69, 9.17) is 5.11 Å². The van der Waals surface area contributed by atoms with Gasteiger partial charge < -0.3 is 10.0 Å². The van der Waals surface area contributed by atoms with E-state index in [1.54, 1.807) is 7.05 Å². The lowest BCUT2D eigenvalue weighted by Gasteiger charge is -2.25. The smallest absolute Gasteiger partial charge is 0.317 e. The molecule has 104 valence electrons. The summed E-state index contributed by atoms with van der Waals surface area (Å²) >= 11 is 0. The van der Waals surface area contributed by atoms with Gasteiger partial charge in [0.15, 0.2) is 9.84 Å². The van der Waals surface area contributed by atoms with Crippen molar-refractivity contribution < 1.29 is 23.1 Å². The van der Waals surface area contributed by atoms with Crippen LogP contribution in [0.25, 0.3) is 0 Å². The van der Waals surface area contributed by atoms with Crippen LogP contribution in [0.15, 0.2) is 0 Å². The zero-order valence-corrected chi connectivity index (χ0v) is 11.3. The lowest BCUT2D eigenvalue weighted by atomic mass is 10.2. The van der Waals surface area contributed by atoms with Crippen LogP contribution in [-0.2, 0) is 19.4 Å². The average molecular weight is 278 g/mol. The monoisotopic (exact) mass is 278 g/mol. The molecule has 0 bridgehead atoms. The van der Waals surface area contributed by atoms with Crippen LogP contribution in [0.2, 0.25) is 0 Å². The second-order valence-corrected chi connectivity index (χ2v) is 6.86. The molecule has 0 aromatic carbocycles. The number of aliphatic carboxylic acids is 1. The van der Waals surface area contributed by atoms with Gasteiger partial charge in [0.1, 0.15) is 0 Å². The van der Waals surface area contributed by atoms with Gasteiger partial charge in [0.25, 0.3) is 0 Å². The Bertz CT molecular complexity index is 434. The van der Waals surface area contributed by atoms with Crippen molar-refractivity contribution in [3.63, 3.8) is 0 Å². The Hall–Kier alpha value is -1.15. The molecular formula is C10H18N2O5S. The van der Waals surface area contributed by atoms with Gasteiger partial charge in [-0.15, -0.1) is 0 Å². The number of carboxylic acids is 1. The average Bonchev–Trinajstić information content (AvgIpc) is 2.56. The summed E-state index contributed by atoms with van der Waals surface area (Å²) in [5.41, 5.74) is 0. The van der Waals surface area contributed by atoms with Crippen molar-refractivity contribution >= 4 is 21.7 Å². The van der Waals surface area contributed by atoms with Gasteiger partial charge in [0.05, 0.1) is 24.6 Å². The minimum atomic E-state index is -3.02. The van der Waals surface area contributed by atoms with Crippen LogP contribution in [0.3, 0.4) is 0 Å². The van der Waals surface area contributed by atoms with Crippen LogP contribution >= 0.6 is 0 Å². The van der Waals surface area contributed by atoms with Crippen molar-refractivity contribution in [2.75, 3.05) is 38.7 Å². The standard InChI is InChI=1S/C10H18N2O5S/c1-11(6-10(14)15)5-9(13)12(2)8-3-4-18(16,17)7-8/h8H,3-7H2,1-2H3,(H,14,15). The van der Waals surface area contributed by atoms with E-state index in [1.807, 2.05) is 0 Å². The van der Waals surface area contributed by atoms with E-state index in [0.717, 1.165) is 0 Å². The fourth-order valence-corrected chi connectivity index (χ4v) is 3.69. The van der Waals surface area contributed by atoms with Gasteiger partial charge in [-0.05, 0) is 13.5 Å². The minimum absolute atomic E-state index is 0.00210. The molecular weight excluding hydrogens is 260 g/mol. The summed E-state index contributed by atoms with van der Waals surface area (Å²) in [4.78, 5) is 25.1. The Morgan fingerprint density at radius 2 is 1.89 bits per heavy atom. The summed E-state index contributed by atoms with van der Waals surface area (Å²) in [7, 11) is 0.0679. The zero-order chi connectivity index (χ0) is 13.9. The molecule has 7 nitrogen and oxygen atoms in total. The molecule has 1 rings (SSSR count). The third-order valence-corrected chi connectivity index (χ3v) is 4.71. The quantitative estimate of drug-likeness (QED) is 0.668. The highest BCUT2D eigenvalue weighted by molar-refractivity contribution is 7.91. The maximum atomic E-state index is 11.8. The van der Waals surface area contributed by atoms with Crippen LogP contribution in [-0.4, -0.2) is 79.9 Å². The van der Waals surface area contributed by atoms with Gasteiger partial charge in [0, 0.05) is 13.1 Å². The van der Waals surface area contributed by atoms with E-state index in [9.17, 15) is 18.0 Å². The molecule has 0 aromatic rings. The topological polar surface area (TPSA) is 95.0 Å². The Morgan fingerprint density at radius 3 is 2.33 bits per heavy atom. The van der Waals surface area contributed by atoms with Gasteiger partial charge in [-0.2, -0.15) is 0 Å². The highest BCUT2D eigenvalue weighted by atomic mass is 32.2. The maximum absolute atomic E-state index is 11.8. The Labute approximate surface area is 106 Å². The molecule has 8 heteroatoms. The summed E-state index contributed by atoms with van der Waals surface area (Å²) in [5, 5.41) is 8.57. The number of hydrogen-bond acceptors (Lipinski definition) is 5. The van der Waals surface area contributed by atoms with Crippen molar-refractivity contribution in [3.05, 3.63) is 0 Å². The third-order valence-electron chi connectivity index (χ3n) is 2.96. The second-order valence-electron chi connectivity index (χ2n) is 4.63. The van der Waals surface area contributed by atoms with Crippen LogP contribution in [0.5, 0.6) is 0 Å². The largest absolute Gasteiger partial charge is 0.480 e. The lowest BCUT2D eigenvalue weighted by Crippen LogP contribution is -2.44. The number of amides is 1. The first-order valence-corrected chi connectivity index (χ1v) is 7.40. The van der Waals surface area contributed by atoms with Crippen molar-refractivity contribution in [1.82, 2.24) is 9.80 Å². The molecule has 18 heavy (non-hydrogen) atoms. The zero-order valence-electron chi connectivity index (χ0n) is 10.5. The molecule has 1 unspecified atom stereocenters. The third kappa shape index (κ3) is 4.26. The van der Waals surface area contributed by atoms with Crippen LogP contribution in [0, 0.1) is 0 Å². The van der Waals surface area contributed by atoms with Crippen molar-refractivity contribution in [1.29, 1.82) is 0 Å². The first kappa shape index (κ1) is 14.9. The minimum Gasteiger partial charge on any atom is -0.480 e. The number of carbonyl (C=O) groups excluding carboxylic acids is 1. The number of nitrogens with zero attached hydrogens (tertiary/aromatic N) is 2. The predicted molar refractivity (Wildman–Crippen MR) is 65.0 cm³/mol. The van der Waals surface area contributed by atoms with E-state index >= 15 is 0 Å². The number of carbonyl (C=O) groups is 2. The Morgan fingerprint density at radius 1 is 1.28 bits per heavy atom. The van der Waals surface area contributed by atoms with Gasteiger partial charge >= 0.3 is 5.97 Å². The van der Waals surface area contributed by atoms with Crippen molar-refractivity contribution in [3.8, 4) is 0 Å². The fourth-order valence-electron chi connectivity index (χ4n) is 1.91. The number of likely N-dealkylation sites (N-methyl/N-ethyl adjacent to an activating group) is 2. The van der Waals surface area contributed by atoms with Gasteiger partial charge in [-0.25, -0.2) is 8.42 Å². The highest BCUT2D eigenvalue weighted by Crippen LogP contribution is 2.16. The number of hydrogen-bond donors (Lipinski definition) is 1. The molecule has 0 aromatic heterocycles. The molecule has 1 aliphatic heterocycles. The van der Waals surface area contributed by atoms with Gasteiger partial charge in [-0.3, -0.25) is 14.5 Å². The number of sulfone groups is 1.